The molecule has 0 aromatic heterocycles. The smallest absolute Gasteiger partial charge is 0.134 e. The molecular weight excluding hydrogens is 367 g/mol. The highest BCUT2D eigenvalue weighted by atomic mass is 35.5. The van der Waals surface area contributed by atoms with Gasteiger partial charge in [0.2, 0.25) is 0 Å². The Kier molecular flexibility index (Phi) is 7.20. The third kappa shape index (κ3) is 5.83. The van der Waals surface area contributed by atoms with Crippen molar-refractivity contribution in [3.63, 3.8) is 0 Å². The summed E-state index contributed by atoms with van der Waals surface area (Å²) in [6, 6.07) is 11.0. The number of phenolic OH excluding ortho intramolecular Hbond substituents is 1. The normalized spacial score (nSPS) is 11.5. The van der Waals surface area contributed by atoms with Gasteiger partial charge in [-0.2, -0.15) is 0 Å². The van der Waals surface area contributed by atoms with Crippen molar-refractivity contribution in [2.24, 2.45) is 0 Å². The SMILES string of the molecule is CN(CCN(C)Cc1ccc(Cl)c(Cl)c1)Cc1ccc(O)c(Cl)c1. The standard InChI is InChI=1S/C18H21Cl3N2O/c1-22(11-13-3-5-15(19)16(20)9-13)7-8-23(2)12-14-4-6-18(24)17(21)10-14/h3-6,9-10,24H,7-8,11-12H2,1-2H3. The second-order valence-corrected chi connectivity index (χ2v) is 7.23. The van der Waals surface area contributed by atoms with Crippen LogP contribution in [0.15, 0.2) is 36.4 Å². The number of likely N-dealkylation sites (N-methyl/N-ethyl adjacent to an activating group) is 2. The fraction of sp³-hybridized carbons (Fsp3) is 0.333. The van der Waals surface area contributed by atoms with Gasteiger partial charge in [-0.25, -0.2) is 0 Å². The van der Waals surface area contributed by atoms with Gasteiger partial charge >= 0.3 is 0 Å². The average molecular weight is 388 g/mol. The molecule has 0 saturated heterocycles. The van der Waals surface area contributed by atoms with Crippen molar-refractivity contribution in [3.8, 4) is 5.75 Å². The summed E-state index contributed by atoms with van der Waals surface area (Å²) in [5.41, 5.74) is 2.22. The van der Waals surface area contributed by atoms with Crippen molar-refractivity contribution >= 4 is 34.8 Å². The van der Waals surface area contributed by atoms with Crippen LogP contribution in [-0.4, -0.2) is 42.1 Å². The third-order valence-electron chi connectivity index (χ3n) is 3.76. The van der Waals surface area contributed by atoms with Crippen LogP contribution in [0, 0.1) is 0 Å². The molecule has 0 saturated carbocycles. The van der Waals surface area contributed by atoms with Crippen LogP contribution in [-0.2, 0) is 13.1 Å². The maximum Gasteiger partial charge on any atom is 0.134 e. The lowest BCUT2D eigenvalue weighted by molar-refractivity contribution is 0.247. The van der Waals surface area contributed by atoms with E-state index >= 15 is 0 Å². The van der Waals surface area contributed by atoms with Crippen molar-refractivity contribution in [1.29, 1.82) is 0 Å². The Bertz CT molecular complexity index is 634. The van der Waals surface area contributed by atoms with Gasteiger partial charge in [-0.05, 0) is 49.5 Å². The lowest BCUT2D eigenvalue weighted by atomic mass is 10.2. The number of nitrogens with zero attached hydrogens (tertiary/aromatic N) is 2. The molecule has 0 aliphatic heterocycles. The minimum absolute atomic E-state index is 0.115. The maximum absolute atomic E-state index is 9.46. The lowest BCUT2D eigenvalue weighted by Crippen LogP contribution is -2.30. The molecule has 0 heterocycles. The van der Waals surface area contributed by atoms with Gasteiger partial charge in [-0.1, -0.05) is 46.9 Å². The van der Waals surface area contributed by atoms with Gasteiger partial charge in [0.25, 0.3) is 0 Å². The van der Waals surface area contributed by atoms with E-state index in [1.54, 1.807) is 12.1 Å². The van der Waals surface area contributed by atoms with E-state index in [0.717, 1.165) is 37.3 Å². The number of hydrogen-bond acceptors (Lipinski definition) is 3. The van der Waals surface area contributed by atoms with E-state index in [1.165, 1.54) is 0 Å². The summed E-state index contributed by atoms with van der Waals surface area (Å²) in [5, 5.41) is 11.0. The maximum atomic E-state index is 9.46. The summed E-state index contributed by atoms with van der Waals surface area (Å²) in [6.07, 6.45) is 0. The highest BCUT2D eigenvalue weighted by Gasteiger charge is 2.07. The zero-order valence-electron chi connectivity index (χ0n) is 13.8. The lowest BCUT2D eigenvalue weighted by Gasteiger charge is -2.22. The zero-order valence-corrected chi connectivity index (χ0v) is 16.0. The van der Waals surface area contributed by atoms with Gasteiger partial charge in [-0.15, -0.1) is 0 Å². The molecule has 2 rings (SSSR count). The second-order valence-electron chi connectivity index (χ2n) is 6.01. The molecule has 0 atom stereocenters. The molecule has 24 heavy (non-hydrogen) atoms. The fourth-order valence-electron chi connectivity index (χ4n) is 2.41. The molecule has 6 heteroatoms. The minimum Gasteiger partial charge on any atom is -0.506 e. The molecule has 130 valence electrons. The van der Waals surface area contributed by atoms with Crippen LogP contribution in [0.2, 0.25) is 15.1 Å². The first kappa shape index (κ1) is 19.4. The van der Waals surface area contributed by atoms with Gasteiger partial charge in [0.05, 0.1) is 15.1 Å². The summed E-state index contributed by atoms with van der Waals surface area (Å²) in [7, 11) is 4.14. The van der Waals surface area contributed by atoms with Gasteiger partial charge in [0.1, 0.15) is 5.75 Å². The van der Waals surface area contributed by atoms with E-state index in [2.05, 4.69) is 23.9 Å². The van der Waals surface area contributed by atoms with Crippen molar-refractivity contribution in [3.05, 3.63) is 62.6 Å². The van der Waals surface area contributed by atoms with E-state index in [4.69, 9.17) is 34.8 Å². The summed E-state index contributed by atoms with van der Waals surface area (Å²) in [4.78, 5) is 4.45. The second kappa shape index (κ2) is 8.93. The van der Waals surface area contributed by atoms with E-state index in [9.17, 15) is 5.11 Å². The summed E-state index contributed by atoms with van der Waals surface area (Å²) < 4.78 is 0. The van der Waals surface area contributed by atoms with Crippen molar-refractivity contribution in [2.75, 3.05) is 27.2 Å². The summed E-state index contributed by atoms with van der Waals surface area (Å²) in [5.74, 6) is 0.115. The number of rotatable bonds is 7. The molecule has 0 unspecified atom stereocenters. The Labute approximate surface area is 158 Å². The monoisotopic (exact) mass is 386 g/mol. The molecule has 2 aromatic rings. The van der Waals surface area contributed by atoms with Crippen LogP contribution in [0.3, 0.4) is 0 Å². The topological polar surface area (TPSA) is 26.7 Å². The first-order valence-corrected chi connectivity index (χ1v) is 8.77. The van der Waals surface area contributed by atoms with Crippen LogP contribution in [0.25, 0.3) is 0 Å². The highest BCUT2D eigenvalue weighted by molar-refractivity contribution is 6.42. The Morgan fingerprint density at radius 3 is 1.75 bits per heavy atom. The van der Waals surface area contributed by atoms with Crippen molar-refractivity contribution < 1.29 is 5.11 Å². The first-order chi connectivity index (χ1) is 11.3. The third-order valence-corrected chi connectivity index (χ3v) is 4.81. The van der Waals surface area contributed by atoms with Gasteiger partial charge in [0, 0.05) is 26.2 Å². The average Bonchev–Trinajstić information content (AvgIpc) is 2.53. The van der Waals surface area contributed by atoms with Crippen LogP contribution >= 0.6 is 34.8 Å². The van der Waals surface area contributed by atoms with E-state index < -0.39 is 0 Å². The Hall–Kier alpha value is -0.970. The predicted octanol–water partition coefficient (Wildman–Crippen LogP) is 4.92. The molecule has 0 aliphatic rings. The molecule has 1 N–H and O–H groups in total. The number of hydrogen-bond donors (Lipinski definition) is 1. The van der Waals surface area contributed by atoms with Crippen LogP contribution < -0.4 is 0 Å². The van der Waals surface area contributed by atoms with Crippen molar-refractivity contribution in [1.82, 2.24) is 9.80 Å². The summed E-state index contributed by atoms with van der Waals surface area (Å²) >= 11 is 17.9. The van der Waals surface area contributed by atoms with E-state index in [0.29, 0.717) is 15.1 Å². The molecule has 0 spiro atoms. The Morgan fingerprint density at radius 2 is 1.25 bits per heavy atom. The molecule has 0 amide bonds. The molecule has 0 bridgehead atoms. The quantitative estimate of drug-likeness (QED) is 0.730. The van der Waals surface area contributed by atoms with Gasteiger partial charge < -0.3 is 14.9 Å². The molecule has 0 fully saturated rings. The van der Waals surface area contributed by atoms with Crippen LogP contribution in [0.4, 0.5) is 0 Å². The van der Waals surface area contributed by atoms with E-state index in [1.807, 2.05) is 24.3 Å². The number of aromatic hydroxyl groups is 1. The largest absolute Gasteiger partial charge is 0.506 e. The highest BCUT2D eigenvalue weighted by Crippen LogP contribution is 2.24. The van der Waals surface area contributed by atoms with Gasteiger partial charge in [0.15, 0.2) is 0 Å². The number of halogens is 3. The summed E-state index contributed by atoms with van der Waals surface area (Å²) in [6.45, 7) is 3.43. The molecule has 2 aromatic carbocycles. The number of phenols is 1. The Morgan fingerprint density at radius 1 is 0.750 bits per heavy atom. The Balaban J connectivity index is 1.80. The van der Waals surface area contributed by atoms with Crippen molar-refractivity contribution in [2.45, 2.75) is 13.1 Å². The number of benzene rings is 2. The minimum atomic E-state index is 0.115. The molecule has 3 nitrogen and oxygen atoms in total. The zero-order chi connectivity index (χ0) is 17.7. The van der Waals surface area contributed by atoms with Crippen LogP contribution in [0.1, 0.15) is 11.1 Å². The molecular formula is C18H21Cl3N2O. The first-order valence-electron chi connectivity index (χ1n) is 7.63. The predicted molar refractivity (Wildman–Crippen MR) is 102 cm³/mol. The van der Waals surface area contributed by atoms with Crippen LogP contribution in [0.5, 0.6) is 5.75 Å². The molecule has 0 radical (unpaired) electrons. The fourth-order valence-corrected chi connectivity index (χ4v) is 2.93. The van der Waals surface area contributed by atoms with Gasteiger partial charge in [-0.3, -0.25) is 0 Å². The van der Waals surface area contributed by atoms with E-state index in [-0.39, 0.29) is 5.75 Å². The molecule has 0 aliphatic carbocycles.